The van der Waals surface area contributed by atoms with E-state index in [0.717, 1.165) is 24.1 Å². The number of para-hydroxylation sites is 1. The number of hydrogen-bond donors (Lipinski definition) is 1. The minimum absolute atomic E-state index is 0.0676. The molecule has 1 fully saturated rings. The fourth-order valence-corrected chi connectivity index (χ4v) is 5.03. The van der Waals surface area contributed by atoms with Gasteiger partial charge in [0, 0.05) is 39.9 Å². The van der Waals surface area contributed by atoms with Crippen molar-refractivity contribution >= 4 is 40.6 Å². The largest absolute Gasteiger partial charge is 0.492 e. The summed E-state index contributed by atoms with van der Waals surface area (Å²) < 4.78 is 11.0. The minimum atomic E-state index is -0.721. The van der Waals surface area contributed by atoms with Gasteiger partial charge in [0.1, 0.15) is 18.4 Å². The molecule has 1 atom stereocenters. The lowest BCUT2D eigenvalue weighted by atomic mass is 10.00. The lowest BCUT2D eigenvalue weighted by Gasteiger charge is -2.23. The smallest absolute Gasteiger partial charge is 0.328 e. The number of anilines is 2. The average Bonchev–Trinajstić information content (AvgIpc) is 3.89. The number of benzene rings is 4. The molecule has 1 amide bonds. The number of halogens is 1. The highest BCUT2D eigenvalue weighted by Gasteiger charge is 2.34. The van der Waals surface area contributed by atoms with Gasteiger partial charge in [-0.15, -0.1) is 0 Å². The van der Waals surface area contributed by atoms with E-state index in [1.54, 1.807) is 47.4 Å². The van der Waals surface area contributed by atoms with Gasteiger partial charge in [-0.05, 0) is 60.9 Å². The van der Waals surface area contributed by atoms with E-state index in [2.05, 4.69) is 5.32 Å². The van der Waals surface area contributed by atoms with Gasteiger partial charge in [0.05, 0.1) is 13.7 Å². The molecule has 0 saturated heterocycles. The first kappa shape index (κ1) is 29.9. The van der Waals surface area contributed by atoms with E-state index < -0.39 is 12.0 Å². The fraction of sp³-hybridized carbons (Fsp3) is 0.229. The predicted molar refractivity (Wildman–Crippen MR) is 168 cm³/mol. The van der Waals surface area contributed by atoms with E-state index in [1.165, 1.54) is 7.11 Å². The van der Waals surface area contributed by atoms with E-state index in [9.17, 15) is 14.4 Å². The molecule has 0 spiro atoms. The van der Waals surface area contributed by atoms with Crippen LogP contribution in [0.1, 0.15) is 34.3 Å². The first-order valence-corrected chi connectivity index (χ1v) is 14.6. The molecule has 5 rings (SSSR count). The average molecular weight is 597 g/mol. The zero-order valence-electron chi connectivity index (χ0n) is 23.9. The Hall–Kier alpha value is -4.62. The van der Waals surface area contributed by atoms with Crippen LogP contribution in [0.4, 0.5) is 11.4 Å². The third kappa shape index (κ3) is 7.81. The number of nitrogens with zero attached hydrogens (tertiary/aromatic N) is 1. The highest BCUT2D eigenvalue weighted by Crippen LogP contribution is 2.33. The van der Waals surface area contributed by atoms with Crippen molar-refractivity contribution in [3.63, 3.8) is 0 Å². The lowest BCUT2D eigenvalue weighted by molar-refractivity contribution is -0.141. The van der Waals surface area contributed by atoms with Crippen LogP contribution < -0.4 is 15.0 Å². The number of carbonyl (C=O) groups is 3. The zero-order valence-corrected chi connectivity index (χ0v) is 24.6. The van der Waals surface area contributed by atoms with Crippen molar-refractivity contribution in [2.45, 2.75) is 25.3 Å². The zero-order chi connectivity index (χ0) is 30.2. The molecule has 1 aliphatic carbocycles. The number of methoxy groups -OCH3 is 1. The first-order valence-electron chi connectivity index (χ1n) is 14.2. The molecule has 0 bridgehead atoms. The van der Waals surface area contributed by atoms with Crippen molar-refractivity contribution in [1.82, 2.24) is 0 Å². The molecule has 1 N–H and O–H groups in total. The third-order valence-corrected chi connectivity index (χ3v) is 7.52. The Balaban J connectivity index is 1.23. The Kier molecular flexibility index (Phi) is 9.74. The number of rotatable bonds is 13. The molecule has 0 aromatic heterocycles. The van der Waals surface area contributed by atoms with Crippen molar-refractivity contribution < 1.29 is 23.9 Å². The third-order valence-electron chi connectivity index (χ3n) is 7.28. The standard InChI is InChI=1S/C35H33ClN2O5/c1-42-35(41)32(37-31-13-6-5-12-30(31)33(39)25-8-3-2-4-9-25)22-24-14-18-29(19-15-24)43-21-20-38(34(40)26-16-17-26)28-11-7-10-27(36)23-28/h2-15,18-19,23,26,32,37H,16-17,20-22H2,1H3/t32-/m0/s1. The topological polar surface area (TPSA) is 84.9 Å². The summed E-state index contributed by atoms with van der Waals surface area (Å²) in [6.07, 6.45) is 2.16. The number of ether oxygens (including phenoxy) is 2. The van der Waals surface area contributed by atoms with Crippen LogP contribution in [0.2, 0.25) is 5.02 Å². The first-order chi connectivity index (χ1) is 20.9. The number of ketones is 1. The summed E-state index contributed by atoms with van der Waals surface area (Å²) in [5, 5.41) is 3.81. The van der Waals surface area contributed by atoms with Gasteiger partial charge in [-0.3, -0.25) is 9.59 Å². The molecular formula is C35H33ClN2O5. The summed E-state index contributed by atoms with van der Waals surface area (Å²) in [5.74, 6) is 0.230. The lowest BCUT2D eigenvalue weighted by Crippen LogP contribution is -2.35. The summed E-state index contributed by atoms with van der Waals surface area (Å²) in [6, 6.07) is 30.2. The molecule has 4 aromatic carbocycles. The van der Waals surface area contributed by atoms with Crippen LogP contribution in [0.25, 0.3) is 0 Å². The van der Waals surface area contributed by atoms with E-state index in [-0.39, 0.29) is 17.6 Å². The van der Waals surface area contributed by atoms with Crippen molar-refractivity contribution in [2.24, 2.45) is 5.92 Å². The number of esters is 1. The van der Waals surface area contributed by atoms with Gasteiger partial charge < -0.3 is 19.7 Å². The number of amides is 1. The summed E-state index contributed by atoms with van der Waals surface area (Å²) in [7, 11) is 1.34. The molecule has 43 heavy (non-hydrogen) atoms. The van der Waals surface area contributed by atoms with Crippen molar-refractivity contribution in [2.75, 3.05) is 30.5 Å². The molecule has 1 saturated carbocycles. The Morgan fingerprint density at radius 2 is 1.63 bits per heavy atom. The number of carbonyl (C=O) groups excluding carboxylic acids is 3. The summed E-state index contributed by atoms with van der Waals surface area (Å²) >= 11 is 6.17. The van der Waals surface area contributed by atoms with Crippen LogP contribution in [-0.2, 0) is 20.7 Å². The van der Waals surface area contributed by atoms with Gasteiger partial charge in [-0.2, -0.15) is 0 Å². The SMILES string of the molecule is COC(=O)[C@H](Cc1ccc(OCCN(C(=O)C2CC2)c2cccc(Cl)c2)cc1)Nc1ccccc1C(=O)c1ccccc1. The summed E-state index contributed by atoms with van der Waals surface area (Å²) in [6.45, 7) is 0.704. The molecule has 4 aromatic rings. The number of nitrogens with one attached hydrogen (secondary N) is 1. The maximum atomic E-state index is 13.2. The molecule has 0 radical (unpaired) electrons. The second-order valence-electron chi connectivity index (χ2n) is 10.4. The van der Waals surface area contributed by atoms with Crippen molar-refractivity contribution in [3.8, 4) is 5.75 Å². The Morgan fingerprint density at radius 3 is 2.33 bits per heavy atom. The minimum Gasteiger partial charge on any atom is -0.492 e. The molecule has 0 heterocycles. The molecular weight excluding hydrogens is 564 g/mol. The fourth-order valence-electron chi connectivity index (χ4n) is 4.85. The number of hydrogen-bond acceptors (Lipinski definition) is 6. The molecule has 7 nitrogen and oxygen atoms in total. The second-order valence-corrected chi connectivity index (χ2v) is 10.8. The van der Waals surface area contributed by atoms with E-state index in [1.807, 2.05) is 60.7 Å². The molecule has 0 unspecified atom stereocenters. The second kappa shape index (κ2) is 14.0. The van der Waals surface area contributed by atoms with Crippen molar-refractivity contribution in [3.05, 3.63) is 125 Å². The predicted octanol–water partition coefficient (Wildman–Crippen LogP) is 6.59. The van der Waals surface area contributed by atoms with Gasteiger partial charge in [-0.25, -0.2) is 4.79 Å². The normalized spacial score (nSPS) is 13.1. The van der Waals surface area contributed by atoms with Crippen LogP contribution in [0.5, 0.6) is 5.75 Å². The summed E-state index contributed by atoms with van der Waals surface area (Å²) in [5.41, 5.74) is 3.23. The van der Waals surface area contributed by atoms with Gasteiger partial charge in [0.2, 0.25) is 5.91 Å². The highest BCUT2D eigenvalue weighted by molar-refractivity contribution is 6.31. The molecule has 1 aliphatic rings. The van der Waals surface area contributed by atoms with E-state index >= 15 is 0 Å². The van der Waals surface area contributed by atoms with Gasteiger partial charge in [-0.1, -0.05) is 72.3 Å². The Bertz CT molecular complexity index is 1570. The highest BCUT2D eigenvalue weighted by atomic mass is 35.5. The Morgan fingerprint density at radius 1 is 0.907 bits per heavy atom. The van der Waals surface area contributed by atoms with E-state index in [0.29, 0.717) is 47.2 Å². The Labute approximate surface area is 256 Å². The van der Waals surface area contributed by atoms with Gasteiger partial charge in [0.15, 0.2) is 5.78 Å². The van der Waals surface area contributed by atoms with Crippen molar-refractivity contribution in [1.29, 1.82) is 0 Å². The maximum absolute atomic E-state index is 13.2. The molecule has 0 aliphatic heterocycles. The van der Waals surface area contributed by atoms with Gasteiger partial charge in [0.25, 0.3) is 0 Å². The van der Waals surface area contributed by atoms with Crippen LogP contribution in [0.3, 0.4) is 0 Å². The van der Waals surface area contributed by atoms with Gasteiger partial charge >= 0.3 is 5.97 Å². The monoisotopic (exact) mass is 596 g/mol. The quantitative estimate of drug-likeness (QED) is 0.138. The van der Waals surface area contributed by atoms with Crippen LogP contribution in [0, 0.1) is 5.92 Å². The molecule has 8 heteroatoms. The van der Waals surface area contributed by atoms with E-state index in [4.69, 9.17) is 21.1 Å². The summed E-state index contributed by atoms with van der Waals surface area (Å²) in [4.78, 5) is 40.6. The van der Waals surface area contributed by atoms with Crippen LogP contribution in [-0.4, -0.2) is 44.0 Å². The van der Waals surface area contributed by atoms with Crippen LogP contribution in [0.15, 0.2) is 103 Å². The maximum Gasteiger partial charge on any atom is 0.328 e. The van der Waals surface area contributed by atoms with Crippen LogP contribution >= 0.6 is 11.6 Å². The molecule has 220 valence electrons.